The average molecular weight is 216 g/mol. The lowest BCUT2D eigenvalue weighted by atomic mass is 9.99. The Balaban J connectivity index is 2.36. The van der Waals surface area contributed by atoms with Crippen LogP contribution in [-0.2, 0) is 0 Å². The monoisotopic (exact) mass is 216 g/mol. The zero-order valence-corrected chi connectivity index (χ0v) is 9.32. The van der Waals surface area contributed by atoms with E-state index < -0.39 is 0 Å². The summed E-state index contributed by atoms with van der Waals surface area (Å²) in [5.74, 6) is 0. The van der Waals surface area contributed by atoms with Gasteiger partial charge < -0.3 is 10.3 Å². The second-order valence-electron chi connectivity index (χ2n) is 3.81. The van der Waals surface area contributed by atoms with Crippen LogP contribution >= 0.6 is 0 Å². The Labute approximate surface area is 95.1 Å². The van der Waals surface area contributed by atoms with Gasteiger partial charge in [0.15, 0.2) is 0 Å². The Bertz CT molecular complexity index is 410. The number of rotatable bonds is 4. The van der Waals surface area contributed by atoms with Crippen molar-refractivity contribution in [1.29, 1.82) is 0 Å². The maximum atomic E-state index is 6.17. The molecule has 2 aromatic rings. The van der Waals surface area contributed by atoms with Crippen LogP contribution in [0.4, 0.5) is 0 Å². The van der Waals surface area contributed by atoms with Gasteiger partial charge in [0.1, 0.15) is 0 Å². The van der Waals surface area contributed by atoms with Gasteiger partial charge in [0.2, 0.25) is 0 Å². The summed E-state index contributed by atoms with van der Waals surface area (Å²) >= 11 is 0. The molecule has 0 aliphatic rings. The lowest BCUT2D eigenvalue weighted by molar-refractivity contribution is 0.458. The molecule has 0 fully saturated rings. The summed E-state index contributed by atoms with van der Waals surface area (Å²) in [6, 6.07) is 4.22. The summed E-state index contributed by atoms with van der Waals surface area (Å²) in [7, 11) is 0. The maximum Gasteiger partial charge on any atom is 0.0952 e. The molecule has 2 atom stereocenters. The van der Waals surface area contributed by atoms with Gasteiger partial charge in [-0.25, -0.2) is 4.98 Å². The Morgan fingerprint density at radius 3 is 2.56 bits per heavy atom. The molecule has 2 unspecified atom stereocenters. The molecular weight excluding hydrogens is 200 g/mol. The third-order valence-corrected chi connectivity index (χ3v) is 2.77. The van der Waals surface area contributed by atoms with Crippen LogP contribution in [0.15, 0.2) is 43.2 Å². The van der Waals surface area contributed by atoms with E-state index in [9.17, 15) is 0 Å². The van der Waals surface area contributed by atoms with Gasteiger partial charge in [-0.1, -0.05) is 6.92 Å². The van der Waals surface area contributed by atoms with Crippen molar-refractivity contribution in [1.82, 2.24) is 14.5 Å². The van der Waals surface area contributed by atoms with E-state index in [1.54, 1.807) is 24.9 Å². The molecule has 16 heavy (non-hydrogen) atoms. The first-order valence-corrected chi connectivity index (χ1v) is 5.46. The molecule has 0 radical (unpaired) electrons. The molecule has 4 nitrogen and oxygen atoms in total. The van der Waals surface area contributed by atoms with Gasteiger partial charge in [0, 0.05) is 30.8 Å². The molecule has 2 aromatic heterocycles. The van der Waals surface area contributed by atoms with E-state index >= 15 is 0 Å². The molecule has 2 rings (SSSR count). The smallest absolute Gasteiger partial charge is 0.0952 e. The summed E-state index contributed by atoms with van der Waals surface area (Å²) in [6.45, 7) is 2.09. The molecular formula is C12H16N4. The van der Waals surface area contributed by atoms with E-state index in [0.717, 1.165) is 6.42 Å². The molecule has 0 spiro atoms. The standard InChI is InChI=1S/C12H16N4/c1-2-11(13)12(16-8-7-15-9-16)10-3-5-14-6-4-10/h3-9,11-12H,2,13H2,1H3. The fourth-order valence-electron chi connectivity index (χ4n) is 1.86. The SMILES string of the molecule is CCC(N)C(c1ccncc1)n1ccnc1. The minimum atomic E-state index is 0.0802. The van der Waals surface area contributed by atoms with E-state index in [1.165, 1.54) is 5.56 Å². The van der Waals surface area contributed by atoms with Crippen LogP contribution in [0.5, 0.6) is 0 Å². The number of pyridine rings is 1. The van der Waals surface area contributed by atoms with Gasteiger partial charge in [0.25, 0.3) is 0 Å². The maximum absolute atomic E-state index is 6.17. The van der Waals surface area contributed by atoms with Gasteiger partial charge >= 0.3 is 0 Å². The second kappa shape index (κ2) is 4.90. The number of nitrogens with two attached hydrogens (primary N) is 1. The van der Waals surface area contributed by atoms with Crippen LogP contribution in [0, 0.1) is 0 Å². The first-order chi connectivity index (χ1) is 7.83. The third kappa shape index (κ3) is 2.12. The fourth-order valence-corrected chi connectivity index (χ4v) is 1.86. The lowest BCUT2D eigenvalue weighted by Crippen LogP contribution is -2.32. The van der Waals surface area contributed by atoms with Crippen LogP contribution in [0.2, 0.25) is 0 Å². The van der Waals surface area contributed by atoms with Gasteiger partial charge in [-0.3, -0.25) is 4.98 Å². The largest absolute Gasteiger partial charge is 0.328 e. The predicted molar refractivity (Wildman–Crippen MR) is 62.9 cm³/mol. The molecule has 0 aliphatic heterocycles. The van der Waals surface area contributed by atoms with Crippen molar-refractivity contribution in [2.45, 2.75) is 25.4 Å². The van der Waals surface area contributed by atoms with E-state index in [0.29, 0.717) is 0 Å². The molecule has 0 aliphatic carbocycles. The van der Waals surface area contributed by atoms with E-state index in [4.69, 9.17) is 5.73 Å². The van der Waals surface area contributed by atoms with Crippen molar-refractivity contribution >= 4 is 0 Å². The van der Waals surface area contributed by atoms with E-state index in [1.807, 2.05) is 22.9 Å². The normalized spacial score (nSPS) is 14.6. The van der Waals surface area contributed by atoms with E-state index in [-0.39, 0.29) is 12.1 Å². The molecule has 0 aromatic carbocycles. The molecule has 0 saturated carbocycles. The Morgan fingerprint density at radius 1 is 1.25 bits per heavy atom. The first kappa shape index (κ1) is 10.8. The Morgan fingerprint density at radius 2 is 2.00 bits per heavy atom. The minimum absolute atomic E-state index is 0.0802. The second-order valence-corrected chi connectivity index (χ2v) is 3.81. The van der Waals surface area contributed by atoms with Crippen LogP contribution in [0.25, 0.3) is 0 Å². The number of nitrogens with zero attached hydrogens (tertiary/aromatic N) is 3. The zero-order valence-electron chi connectivity index (χ0n) is 9.32. The van der Waals surface area contributed by atoms with Crippen molar-refractivity contribution in [2.24, 2.45) is 5.73 Å². The lowest BCUT2D eigenvalue weighted by Gasteiger charge is -2.24. The van der Waals surface area contributed by atoms with Gasteiger partial charge in [-0.2, -0.15) is 0 Å². The molecule has 2 heterocycles. The number of imidazole rings is 1. The topological polar surface area (TPSA) is 56.7 Å². The van der Waals surface area contributed by atoms with Crippen LogP contribution in [0.1, 0.15) is 24.9 Å². The van der Waals surface area contributed by atoms with Gasteiger partial charge in [-0.15, -0.1) is 0 Å². The highest BCUT2D eigenvalue weighted by Gasteiger charge is 2.19. The quantitative estimate of drug-likeness (QED) is 0.844. The molecule has 0 amide bonds. The van der Waals surface area contributed by atoms with Gasteiger partial charge in [-0.05, 0) is 24.1 Å². The Kier molecular flexibility index (Phi) is 3.31. The van der Waals surface area contributed by atoms with Crippen molar-refractivity contribution in [3.8, 4) is 0 Å². The molecule has 4 heteroatoms. The van der Waals surface area contributed by atoms with Crippen molar-refractivity contribution in [3.63, 3.8) is 0 Å². The predicted octanol–water partition coefficient (Wildman–Crippen LogP) is 1.60. The van der Waals surface area contributed by atoms with Gasteiger partial charge in [0.05, 0.1) is 12.4 Å². The zero-order chi connectivity index (χ0) is 11.4. The fraction of sp³-hybridized carbons (Fsp3) is 0.333. The van der Waals surface area contributed by atoms with Crippen molar-refractivity contribution in [3.05, 3.63) is 48.8 Å². The molecule has 0 bridgehead atoms. The number of hydrogen-bond acceptors (Lipinski definition) is 3. The van der Waals surface area contributed by atoms with E-state index in [2.05, 4.69) is 16.9 Å². The highest BCUT2D eigenvalue weighted by molar-refractivity contribution is 5.18. The van der Waals surface area contributed by atoms with Crippen molar-refractivity contribution in [2.75, 3.05) is 0 Å². The Hall–Kier alpha value is -1.68. The molecule has 0 saturated heterocycles. The highest BCUT2D eigenvalue weighted by atomic mass is 15.1. The summed E-state index contributed by atoms with van der Waals surface area (Å²) in [4.78, 5) is 8.11. The summed E-state index contributed by atoms with van der Waals surface area (Å²) in [5.41, 5.74) is 7.34. The van der Waals surface area contributed by atoms with Crippen LogP contribution < -0.4 is 5.73 Å². The van der Waals surface area contributed by atoms with Crippen molar-refractivity contribution < 1.29 is 0 Å². The summed E-state index contributed by atoms with van der Waals surface area (Å²) in [6.07, 6.45) is 10.0. The molecule has 2 N–H and O–H groups in total. The number of hydrogen-bond donors (Lipinski definition) is 1. The van der Waals surface area contributed by atoms with Crippen LogP contribution in [0.3, 0.4) is 0 Å². The highest BCUT2D eigenvalue weighted by Crippen LogP contribution is 2.21. The van der Waals surface area contributed by atoms with Crippen LogP contribution in [-0.4, -0.2) is 20.6 Å². The number of aromatic nitrogens is 3. The molecule has 84 valence electrons. The average Bonchev–Trinajstić information content (AvgIpc) is 2.84. The third-order valence-electron chi connectivity index (χ3n) is 2.77. The first-order valence-electron chi connectivity index (χ1n) is 5.46. The summed E-state index contributed by atoms with van der Waals surface area (Å²) in [5, 5.41) is 0. The summed E-state index contributed by atoms with van der Waals surface area (Å²) < 4.78 is 2.05. The minimum Gasteiger partial charge on any atom is -0.328 e.